The van der Waals surface area contributed by atoms with Crippen LogP contribution in [-0.4, -0.2) is 9.78 Å². The van der Waals surface area contributed by atoms with Crippen molar-refractivity contribution in [2.24, 2.45) is 0 Å². The molecular weight excluding hydrogens is 318 g/mol. The summed E-state index contributed by atoms with van der Waals surface area (Å²) in [5.74, 6) is 0. The Morgan fingerprint density at radius 3 is 2.38 bits per heavy atom. The number of benzene rings is 3. The summed E-state index contributed by atoms with van der Waals surface area (Å²) in [6.45, 7) is 0. The van der Waals surface area contributed by atoms with Gasteiger partial charge in [-0.2, -0.15) is 10.4 Å². The van der Waals surface area contributed by atoms with E-state index in [1.807, 2.05) is 65.3 Å². The number of aromatic nitrogens is 2. The van der Waals surface area contributed by atoms with Gasteiger partial charge in [0, 0.05) is 16.0 Å². The van der Waals surface area contributed by atoms with Crippen LogP contribution in [0.5, 0.6) is 0 Å². The van der Waals surface area contributed by atoms with Crippen LogP contribution >= 0.6 is 11.6 Å². The minimum absolute atomic E-state index is 0.622. The van der Waals surface area contributed by atoms with Crippen LogP contribution in [0.15, 0.2) is 72.8 Å². The fraction of sp³-hybridized carbons (Fsp3) is 0. The molecule has 114 valence electrons. The number of hydrogen-bond donors (Lipinski definition) is 0. The highest BCUT2D eigenvalue weighted by molar-refractivity contribution is 6.31. The number of rotatable bonds is 2. The monoisotopic (exact) mass is 329 g/mol. The van der Waals surface area contributed by atoms with Gasteiger partial charge in [0.25, 0.3) is 0 Å². The van der Waals surface area contributed by atoms with E-state index >= 15 is 0 Å². The second-order valence-electron chi connectivity index (χ2n) is 5.45. The summed E-state index contributed by atoms with van der Waals surface area (Å²) in [4.78, 5) is 0. The van der Waals surface area contributed by atoms with Crippen molar-refractivity contribution in [1.82, 2.24) is 9.78 Å². The first kappa shape index (κ1) is 14.5. The molecule has 0 bridgehead atoms. The van der Waals surface area contributed by atoms with E-state index < -0.39 is 0 Å². The van der Waals surface area contributed by atoms with Gasteiger partial charge in [0.15, 0.2) is 0 Å². The second kappa shape index (κ2) is 5.84. The lowest BCUT2D eigenvalue weighted by Gasteiger charge is -2.03. The first-order valence-corrected chi connectivity index (χ1v) is 7.88. The minimum atomic E-state index is 0.622. The van der Waals surface area contributed by atoms with Crippen molar-refractivity contribution in [3.05, 3.63) is 83.4 Å². The van der Waals surface area contributed by atoms with Gasteiger partial charge in [-0.05, 0) is 42.5 Å². The van der Waals surface area contributed by atoms with Crippen molar-refractivity contribution in [3.63, 3.8) is 0 Å². The Kier molecular flexibility index (Phi) is 3.53. The van der Waals surface area contributed by atoms with Crippen LogP contribution in [0.25, 0.3) is 27.8 Å². The molecule has 0 fully saturated rings. The average molecular weight is 330 g/mol. The highest BCUT2D eigenvalue weighted by Gasteiger charge is 2.13. The normalized spacial score (nSPS) is 10.7. The maximum atomic E-state index is 8.97. The van der Waals surface area contributed by atoms with Gasteiger partial charge in [-0.1, -0.05) is 41.9 Å². The van der Waals surface area contributed by atoms with E-state index in [-0.39, 0.29) is 0 Å². The lowest BCUT2D eigenvalue weighted by molar-refractivity contribution is 0.915. The highest BCUT2D eigenvalue weighted by Crippen LogP contribution is 2.31. The third kappa shape index (κ3) is 2.44. The summed E-state index contributed by atoms with van der Waals surface area (Å²) in [7, 11) is 0. The molecule has 0 radical (unpaired) electrons. The molecule has 3 nitrogen and oxygen atoms in total. The Morgan fingerprint density at radius 1 is 0.917 bits per heavy atom. The van der Waals surface area contributed by atoms with Crippen molar-refractivity contribution in [3.8, 4) is 23.0 Å². The molecule has 0 saturated carbocycles. The molecule has 4 heteroatoms. The predicted octanol–water partition coefficient (Wildman–Crippen LogP) is 5.22. The molecule has 0 aliphatic heterocycles. The number of hydrogen-bond acceptors (Lipinski definition) is 2. The highest BCUT2D eigenvalue weighted by atomic mass is 35.5. The fourth-order valence-corrected chi connectivity index (χ4v) is 2.94. The zero-order valence-electron chi connectivity index (χ0n) is 12.6. The van der Waals surface area contributed by atoms with Gasteiger partial charge in [0.1, 0.15) is 5.69 Å². The number of fused-ring (bicyclic) bond motifs is 1. The molecular formula is C20H12ClN3. The number of nitriles is 1. The van der Waals surface area contributed by atoms with Crippen LogP contribution in [0.3, 0.4) is 0 Å². The van der Waals surface area contributed by atoms with Gasteiger partial charge in [0.2, 0.25) is 0 Å². The van der Waals surface area contributed by atoms with Crippen LogP contribution in [-0.2, 0) is 0 Å². The maximum absolute atomic E-state index is 8.97. The predicted molar refractivity (Wildman–Crippen MR) is 96.2 cm³/mol. The molecule has 0 amide bonds. The van der Waals surface area contributed by atoms with E-state index in [0.717, 1.165) is 27.8 Å². The molecule has 24 heavy (non-hydrogen) atoms. The van der Waals surface area contributed by atoms with Crippen LogP contribution in [0, 0.1) is 11.3 Å². The Hall–Kier alpha value is -3.09. The van der Waals surface area contributed by atoms with Crippen LogP contribution in [0.2, 0.25) is 5.02 Å². The standard InChI is InChI=1S/C20H12ClN3/c21-16-8-11-18-19(12-16)24(17-9-6-14(13-22)7-10-17)23-20(18)15-4-2-1-3-5-15/h1-12H. The Balaban J connectivity index is 1.98. The van der Waals surface area contributed by atoms with Gasteiger partial charge in [-0.3, -0.25) is 0 Å². The molecule has 0 saturated heterocycles. The molecule has 0 aliphatic rings. The summed E-state index contributed by atoms with van der Waals surface area (Å²) < 4.78 is 1.87. The molecule has 0 atom stereocenters. The Bertz CT molecular complexity index is 1060. The first-order chi connectivity index (χ1) is 11.8. The molecule has 0 unspecified atom stereocenters. The van der Waals surface area contributed by atoms with Gasteiger partial charge in [0.05, 0.1) is 22.8 Å². The van der Waals surface area contributed by atoms with E-state index in [2.05, 4.69) is 6.07 Å². The largest absolute Gasteiger partial charge is 0.232 e. The SMILES string of the molecule is N#Cc1ccc(-n2nc(-c3ccccc3)c3ccc(Cl)cc32)cc1. The smallest absolute Gasteiger partial charge is 0.101 e. The lowest BCUT2D eigenvalue weighted by atomic mass is 10.1. The van der Waals surface area contributed by atoms with E-state index in [1.54, 1.807) is 12.1 Å². The van der Waals surface area contributed by atoms with Gasteiger partial charge in [-0.25, -0.2) is 4.68 Å². The molecule has 0 aliphatic carbocycles. The number of halogens is 1. The number of nitrogens with zero attached hydrogens (tertiary/aromatic N) is 3. The molecule has 1 heterocycles. The van der Waals surface area contributed by atoms with E-state index in [1.165, 1.54) is 0 Å². The van der Waals surface area contributed by atoms with Crippen molar-refractivity contribution in [2.45, 2.75) is 0 Å². The van der Waals surface area contributed by atoms with Gasteiger partial charge >= 0.3 is 0 Å². The summed E-state index contributed by atoms with van der Waals surface area (Å²) in [5.41, 5.74) is 4.41. The van der Waals surface area contributed by atoms with Crippen molar-refractivity contribution >= 4 is 22.5 Å². The molecule has 0 spiro atoms. The third-order valence-corrected chi connectivity index (χ3v) is 4.17. The van der Waals surface area contributed by atoms with E-state index in [9.17, 15) is 0 Å². The summed E-state index contributed by atoms with van der Waals surface area (Å²) in [5, 5.41) is 15.5. The topological polar surface area (TPSA) is 41.6 Å². The molecule has 0 N–H and O–H groups in total. The zero-order chi connectivity index (χ0) is 16.5. The van der Waals surface area contributed by atoms with E-state index in [0.29, 0.717) is 10.6 Å². The van der Waals surface area contributed by atoms with Crippen molar-refractivity contribution in [1.29, 1.82) is 5.26 Å². The van der Waals surface area contributed by atoms with Gasteiger partial charge < -0.3 is 0 Å². The van der Waals surface area contributed by atoms with Crippen molar-refractivity contribution < 1.29 is 0 Å². The maximum Gasteiger partial charge on any atom is 0.101 e. The van der Waals surface area contributed by atoms with E-state index in [4.69, 9.17) is 22.0 Å². The minimum Gasteiger partial charge on any atom is -0.232 e. The summed E-state index contributed by atoms with van der Waals surface area (Å²) in [6, 6.07) is 25.3. The summed E-state index contributed by atoms with van der Waals surface area (Å²) in [6.07, 6.45) is 0. The van der Waals surface area contributed by atoms with Crippen molar-refractivity contribution in [2.75, 3.05) is 0 Å². The Morgan fingerprint density at radius 2 is 1.67 bits per heavy atom. The first-order valence-electron chi connectivity index (χ1n) is 7.50. The molecule has 1 aromatic heterocycles. The molecule has 3 aromatic carbocycles. The molecule has 4 aromatic rings. The van der Waals surface area contributed by atoms with Crippen LogP contribution in [0.4, 0.5) is 0 Å². The van der Waals surface area contributed by atoms with Crippen LogP contribution < -0.4 is 0 Å². The fourth-order valence-electron chi connectivity index (χ4n) is 2.77. The van der Waals surface area contributed by atoms with Crippen LogP contribution in [0.1, 0.15) is 5.56 Å². The average Bonchev–Trinajstić information content (AvgIpc) is 3.01. The van der Waals surface area contributed by atoms with Gasteiger partial charge in [-0.15, -0.1) is 0 Å². The lowest BCUT2D eigenvalue weighted by Crippen LogP contribution is -1.96. The zero-order valence-corrected chi connectivity index (χ0v) is 13.4. The second-order valence-corrected chi connectivity index (χ2v) is 5.88. The summed E-state index contributed by atoms with van der Waals surface area (Å²) >= 11 is 6.20. The third-order valence-electron chi connectivity index (χ3n) is 3.93. The Labute approximate surface area is 144 Å². The molecule has 4 rings (SSSR count). The quantitative estimate of drug-likeness (QED) is 0.506.